The second-order valence-corrected chi connectivity index (χ2v) is 6.84. The molecule has 1 heterocycles. The molecule has 2 aliphatic rings. The number of carbonyl (C=O) groups excluding carboxylic acids is 3. The standard InChI is InChI=1S/C19H25N3O3/c23-17(13-20-18(24)14-5-2-1-3-6-14)22-11-9-16(10-12-22)21-19(25)15-7-4-8-15/h1-3,5-6,15-16H,4,7-13H2,(H,20,24)(H,21,25). The van der Waals surface area contributed by atoms with E-state index < -0.39 is 0 Å². The van der Waals surface area contributed by atoms with Crippen molar-refractivity contribution >= 4 is 17.7 Å². The third kappa shape index (κ3) is 4.59. The van der Waals surface area contributed by atoms with E-state index in [1.165, 1.54) is 0 Å². The molecule has 0 unspecified atom stereocenters. The number of piperidine rings is 1. The molecule has 3 amide bonds. The Morgan fingerprint density at radius 1 is 1.00 bits per heavy atom. The smallest absolute Gasteiger partial charge is 0.251 e. The minimum Gasteiger partial charge on any atom is -0.353 e. The van der Waals surface area contributed by atoms with Gasteiger partial charge in [-0.25, -0.2) is 0 Å². The Bertz CT molecular complexity index is 620. The molecule has 0 bridgehead atoms. The van der Waals surface area contributed by atoms with E-state index in [9.17, 15) is 14.4 Å². The third-order valence-corrected chi connectivity index (χ3v) is 5.11. The van der Waals surface area contributed by atoms with Crippen molar-refractivity contribution in [1.82, 2.24) is 15.5 Å². The highest BCUT2D eigenvalue weighted by atomic mass is 16.2. The van der Waals surface area contributed by atoms with Crippen molar-refractivity contribution in [1.29, 1.82) is 0 Å². The van der Waals surface area contributed by atoms with Gasteiger partial charge in [-0.05, 0) is 37.8 Å². The first-order valence-corrected chi connectivity index (χ1v) is 9.05. The molecule has 6 heteroatoms. The van der Waals surface area contributed by atoms with Gasteiger partial charge in [0.2, 0.25) is 11.8 Å². The van der Waals surface area contributed by atoms with Crippen LogP contribution in [0.2, 0.25) is 0 Å². The third-order valence-electron chi connectivity index (χ3n) is 5.11. The SMILES string of the molecule is O=C(NCC(=O)N1CCC(NC(=O)C2CCC2)CC1)c1ccccc1. The summed E-state index contributed by atoms with van der Waals surface area (Å²) in [6, 6.07) is 9.02. The largest absolute Gasteiger partial charge is 0.353 e. The van der Waals surface area contributed by atoms with Crippen LogP contribution in [-0.2, 0) is 9.59 Å². The van der Waals surface area contributed by atoms with Crippen molar-refractivity contribution in [3.05, 3.63) is 35.9 Å². The van der Waals surface area contributed by atoms with Gasteiger partial charge in [0, 0.05) is 30.6 Å². The lowest BCUT2D eigenvalue weighted by molar-refractivity contribution is -0.131. The van der Waals surface area contributed by atoms with Crippen LogP contribution in [0.25, 0.3) is 0 Å². The summed E-state index contributed by atoms with van der Waals surface area (Å²) in [4.78, 5) is 38.0. The van der Waals surface area contributed by atoms with Crippen LogP contribution in [0, 0.1) is 5.92 Å². The summed E-state index contributed by atoms with van der Waals surface area (Å²) in [5, 5.41) is 5.78. The fourth-order valence-corrected chi connectivity index (χ4v) is 3.22. The summed E-state index contributed by atoms with van der Waals surface area (Å²) in [7, 11) is 0. The fourth-order valence-electron chi connectivity index (χ4n) is 3.22. The van der Waals surface area contributed by atoms with Gasteiger partial charge in [0.1, 0.15) is 0 Å². The van der Waals surface area contributed by atoms with E-state index in [0.717, 1.165) is 32.1 Å². The number of rotatable bonds is 5. The Balaban J connectivity index is 1.38. The molecule has 1 aliphatic heterocycles. The first-order chi connectivity index (χ1) is 12.1. The molecule has 1 saturated carbocycles. The van der Waals surface area contributed by atoms with Crippen molar-refractivity contribution in [3.63, 3.8) is 0 Å². The lowest BCUT2D eigenvalue weighted by atomic mass is 9.84. The van der Waals surface area contributed by atoms with Gasteiger partial charge < -0.3 is 15.5 Å². The maximum atomic E-state index is 12.3. The van der Waals surface area contributed by atoms with Crippen LogP contribution in [0.5, 0.6) is 0 Å². The molecule has 0 spiro atoms. The molecular weight excluding hydrogens is 318 g/mol. The Morgan fingerprint density at radius 2 is 1.68 bits per heavy atom. The van der Waals surface area contributed by atoms with Gasteiger partial charge in [0.05, 0.1) is 6.54 Å². The van der Waals surface area contributed by atoms with E-state index >= 15 is 0 Å². The van der Waals surface area contributed by atoms with Crippen molar-refractivity contribution in [2.75, 3.05) is 19.6 Å². The van der Waals surface area contributed by atoms with E-state index in [1.54, 1.807) is 29.2 Å². The average Bonchev–Trinajstić information content (AvgIpc) is 2.59. The topological polar surface area (TPSA) is 78.5 Å². The molecule has 6 nitrogen and oxygen atoms in total. The molecule has 0 aromatic heterocycles. The van der Waals surface area contributed by atoms with Crippen LogP contribution in [0.3, 0.4) is 0 Å². The summed E-state index contributed by atoms with van der Waals surface area (Å²) in [5.74, 6) is 0.0589. The molecule has 3 rings (SSSR count). The first-order valence-electron chi connectivity index (χ1n) is 9.05. The molecular formula is C19H25N3O3. The Labute approximate surface area is 148 Å². The van der Waals surface area contributed by atoms with Crippen LogP contribution in [0.15, 0.2) is 30.3 Å². The van der Waals surface area contributed by atoms with Crippen LogP contribution in [0.1, 0.15) is 42.5 Å². The maximum absolute atomic E-state index is 12.3. The molecule has 1 saturated heterocycles. The number of nitrogens with zero attached hydrogens (tertiary/aromatic N) is 1. The molecule has 25 heavy (non-hydrogen) atoms. The summed E-state index contributed by atoms with van der Waals surface area (Å²) in [6.07, 6.45) is 4.71. The van der Waals surface area contributed by atoms with Crippen molar-refractivity contribution in [2.24, 2.45) is 5.92 Å². The fraction of sp³-hybridized carbons (Fsp3) is 0.526. The zero-order valence-electron chi connectivity index (χ0n) is 14.4. The number of likely N-dealkylation sites (tertiary alicyclic amines) is 1. The molecule has 0 radical (unpaired) electrons. The second-order valence-electron chi connectivity index (χ2n) is 6.84. The normalized spacial score (nSPS) is 18.3. The second kappa shape index (κ2) is 8.14. The van der Waals surface area contributed by atoms with Crippen LogP contribution in [0.4, 0.5) is 0 Å². The zero-order chi connectivity index (χ0) is 17.6. The summed E-state index contributed by atoms with van der Waals surface area (Å²) in [5.41, 5.74) is 0.549. The molecule has 2 N–H and O–H groups in total. The Kier molecular flexibility index (Phi) is 5.68. The van der Waals surface area contributed by atoms with Gasteiger partial charge in [-0.3, -0.25) is 14.4 Å². The van der Waals surface area contributed by atoms with Crippen LogP contribution < -0.4 is 10.6 Å². The molecule has 1 aromatic rings. The number of amides is 3. The number of hydrogen-bond acceptors (Lipinski definition) is 3. The van der Waals surface area contributed by atoms with Gasteiger partial charge >= 0.3 is 0 Å². The lowest BCUT2D eigenvalue weighted by Gasteiger charge is -2.34. The van der Waals surface area contributed by atoms with Crippen molar-refractivity contribution < 1.29 is 14.4 Å². The van der Waals surface area contributed by atoms with E-state index in [-0.39, 0.29) is 36.2 Å². The van der Waals surface area contributed by atoms with Gasteiger partial charge in [-0.15, -0.1) is 0 Å². The van der Waals surface area contributed by atoms with Gasteiger partial charge in [0.25, 0.3) is 5.91 Å². The van der Waals surface area contributed by atoms with Crippen LogP contribution >= 0.6 is 0 Å². The Morgan fingerprint density at radius 3 is 2.28 bits per heavy atom. The van der Waals surface area contributed by atoms with Gasteiger partial charge in [0.15, 0.2) is 0 Å². The van der Waals surface area contributed by atoms with Crippen molar-refractivity contribution in [3.8, 4) is 0 Å². The molecule has 1 aliphatic carbocycles. The van der Waals surface area contributed by atoms with E-state index in [4.69, 9.17) is 0 Å². The highest BCUT2D eigenvalue weighted by molar-refractivity contribution is 5.96. The summed E-state index contributed by atoms with van der Waals surface area (Å²) in [6.45, 7) is 1.25. The Hall–Kier alpha value is -2.37. The van der Waals surface area contributed by atoms with Gasteiger partial charge in [-0.1, -0.05) is 24.6 Å². The number of carbonyl (C=O) groups is 3. The highest BCUT2D eigenvalue weighted by Gasteiger charge is 2.29. The van der Waals surface area contributed by atoms with E-state index in [2.05, 4.69) is 10.6 Å². The van der Waals surface area contributed by atoms with Gasteiger partial charge in [-0.2, -0.15) is 0 Å². The minimum absolute atomic E-state index is 0.00677. The summed E-state index contributed by atoms with van der Waals surface area (Å²) < 4.78 is 0. The zero-order valence-corrected chi connectivity index (χ0v) is 14.4. The average molecular weight is 343 g/mol. The number of benzene rings is 1. The molecule has 0 atom stereocenters. The predicted octanol–water partition coefficient (Wildman–Crippen LogP) is 1.32. The molecule has 134 valence electrons. The minimum atomic E-state index is -0.239. The quantitative estimate of drug-likeness (QED) is 0.846. The lowest BCUT2D eigenvalue weighted by Crippen LogP contribution is -2.50. The van der Waals surface area contributed by atoms with Crippen molar-refractivity contribution in [2.45, 2.75) is 38.1 Å². The summed E-state index contributed by atoms with van der Waals surface area (Å²) >= 11 is 0. The van der Waals surface area contributed by atoms with E-state index in [0.29, 0.717) is 18.7 Å². The number of hydrogen-bond donors (Lipinski definition) is 2. The first kappa shape index (κ1) is 17.5. The predicted molar refractivity (Wildman–Crippen MR) is 93.9 cm³/mol. The molecule has 1 aromatic carbocycles. The maximum Gasteiger partial charge on any atom is 0.251 e. The molecule has 2 fully saturated rings. The number of nitrogens with one attached hydrogen (secondary N) is 2. The van der Waals surface area contributed by atoms with Crippen LogP contribution in [-0.4, -0.2) is 48.3 Å². The van der Waals surface area contributed by atoms with E-state index in [1.807, 2.05) is 6.07 Å². The highest BCUT2D eigenvalue weighted by Crippen LogP contribution is 2.26. The monoisotopic (exact) mass is 343 g/mol.